The molecule has 2 atom stereocenters. The van der Waals surface area contributed by atoms with Crippen LogP contribution in [0.3, 0.4) is 0 Å². The summed E-state index contributed by atoms with van der Waals surface area (Å²) in [6.07, 6.45) is 2.12. The molecule has 15 heavy (non-hydrogen) atoms. The highest BCUT2D eigenvalue weighted by Gasteiger charge is 2.55. The molecule has 4 heteroatoms. The van der Waals surface area contributed by atoms with Crippen LogP contribution >= 0.6 is 0 Å². The van der Waals surface area contributed by atoms with Crippen molar-refractivity contribution in [2.24, 2.45) is 5.92 Å². The van der Waals surface area contributed by atoms with E-state index in [-0.39, 0.29) is 17.9 Å². The molecule has 4 nitrogen and oxygen atoms in total. The van der Waals surface area contributed by atoms with Crippen LogP contribution in [0.1, 0.15) is 33.6 Å². The standard InChI is InChI=1S/C11H18N2O2/c1-4-13-9(14)7(2)12-10(15)11(13,3)8-5-6-8/h7-8H,4-6H2,1-3H3,(H,12,15). The Labute approximate surface area is 90.0 Å². The van der Waals surface area contributed by atoms with Crippen LogP contribution in [0.4, 0.5) is 0 Å². The van der Waals surface area contributed by atoms with Gasteiger partial charge in [-0.05, 0) is 39.5 Å². The molecule has 1 aliphatic carbocycles. The van der Waals surface area contributed by atoms with Crippen molar-refractivity contribution in [1.82, 2.24) is 10.2 Å². The van der Waals surface area contributed by atoms with Crippen LogP contribution in [-0.4, -0.2) is 34.8 Å². The van der Waals surface area contributed by atoms with Crippen molar-refractivity contribution in [2.75, 3.05) is 6.54 Å². The van der Waals surface area contributed by atoms with Gasteiger partial charge in [0.2, 0.25) is 11.8 Å². The van der Waals surface area contributed by atoms with E-state index >= 15 is 0 Å². The number of carbonyl (C=O) groups is 2. The highest BCUT2D eigenvalue weighted by atomic mass is 16.2. The highest BCUT2D eigenvalue weighted by molar-refractivity contribution is 5.99. The third-order valence-electron chi connectivity index (χ3n) is 3.69. The summed E-state index contributed by atoms with van der Waals surface area (Å²) in [6.45, 7) is 6.19. The van der Waals surface area contributed by atoms with Gasteiger partial charge in [-0.3, -0.25) is 9.59 Å². The topological polar surface area (TPSA) is 49.4 Å². The van der Waals surface area contributed by atoms with E-state index in [0.29, 0.717) is 12.5 Å². The molecule has 0 spiro atoms. The minimum atomic E-state index is -0.599. The molecule has 2 aliphatic rings. The average molecular weight is 210 g/mol. The summed E-state index contributed by atoms with van der Waals surface area (Å²) in [5.41, 5.74) is -0.599. The molecule has 2 fully saturated rings. The molecule has 2 amide bonds. The highest BCUT2D eigenvalue weighted by Crippen LogP contribution is 2.44. The molecule has 1 saturated heterocycles. The molecular formula is C11H18N2O2. The lowest BCUT2D eigenvalue weighted by molar-refractivity contribution is -0.157. The van der Waals surface area contributed by atoms with E-state index in [1.54, 1.807) is 11.8 Å². The first-order valence-corrected chi connectivity index (χ1v) is 5.64. The summed E-state index contributed by atoms with van der Waals surface area (Å²) in [6, 6.07) is -0.371. The van der Waals surface area contributed by atoms with E-state index in [9.17, 15) is 9.59 Å². The Hall–Kier alpha value is -1.06. The third-order valence-corrected chi connectivity index (χ3v) is 3.69. The second-order valence-electron chi connectivity index (χ2n) is 4.70. The van der Waals surface area contributed by atoms with Gasteiger partial charge in [-0.2, -0.15) is 0 Å². The molecule has 0 radical (unpaired) electrons. The lowest BCUT2D eigenvalue weighted by Gasteiger charge is -2.45. The number of nitrogens with zero attached hydrogens (tertiary/aromatic N) is 1. The van der Waals surface area contributed by atoms with E-state index in [2.05, 4.69) is 5.32 Å². The van der Waals surface area contributed by atoms with Gasteiger partial charge < -0.3 is 10.2 Å². The Kier molecular flexibility index (Phi) is 2.24. The monoisotopic (exact) mass is 210 g/mol. The largest absolute Gasteiger partial charge is 0.343 e. The van der Waals surface area contributed by atoms with Gasteiger partial charge in [0.05, 0.1) is 0 Å². The second kappa shape index (κ2) is 3.22. The van der Waals surface area contributed by atoms with Crippen molar-refractivity contribution >= 4 is 11.8 Å². The summed E-state index contributed by atoms with van der Waals surface area (Å²) in [4.78, 5) is 25.7. The van der Waals surface area contributed by atoms with Crippen molar-refractivity contribution in [3.63, 3.8) is 0 Å². The molecule has 1 saturated carbocycles. The van der Waals surface area contributed by atoms with Crippen LogP contribution in [0.15, 0.2) is 0 Å². The number of amides is 2. The predicted octanol–water partition coefficient (Wildman–Crippen LogP) is 0.522. The minimum absolute atomic E-state index is 0.0129. The first-order chi connectivity index (χ1) is 7.01. The van der Waals surface area contributed by atoms with Crippen LogP contribution in [0.2, 0.25) is 0 Å². The maximum Gasteiger partial charge on any atom is 0.246 e. The van der Waals surface area contributed by atoms with Crippen LogP contribution in [0.25, 0.3) is 0 Å². The van der Waals surface area contributed by atoms with Crippen molar-refractivity contribution < 1.29 is 9.59 Å². The molecule has 0 aromatic rings. The van der Waals surface area contributed by atoms with Gasteiger partial charge in [0, 0.05) is 6.54 Å². The molecule has 1 heterocycles. The first kappa shape index (κ1) is 10.5. The van der Waals surface area contributed by atoms with E-state index < -0.39 is 5.54 Å². The fourth-order valence-corrected chi connectivity index (χ4v) is 2.53. The van der Waals surface area contributed by atoms with Gasteiger partial charge in [-0.1, -0.05) is 0 Å². The molecule has 1 N–H and O–H groups in total. The quantitative estimate of drug-likeness (QED) is 0.722. The van der Waals surface area contributed by atoms with Gasteiger partial charge in [-0.25, -0.2) is 0 Å². The van der Waals surface area contributed by atoms with Crippen LogP contribution in [0.5, 0.6) is 0 Å². The Morgan fingerprint density at radius 1 is 1.47 bits per heavy atom. The average Bonchev–Trinajstić information content (AvgIpc) is 2.99. The van der Waals surface area contributed by atoms with Crippen LogP contribution in [-0.2, 0) is 9.59 Å². The summed E-state index contributed by atoms with van der Waals surface area (Å²) >= 11 is 0. The van der Waals surface area contributed by atoms with Crippen LogP contribution < -0.4 is 5.32 Å². The third kappa shape index (κ3) is 1.34. The normalized spacial score (nSPS) is 36.7. The second-order valence-corrected chi connectivity index (χ2v) is 4.70. The number of rotatable bonds is 2. The van der Waals surface area contributed by atoms with Gasteiger partial charge in [-0.15, -0.1) is 0 Å². The molecule has 84 valence electrons. The molecule has 2 unspecified atom stereocenters. The first-order valence-electron chi connectivity index (χ1n) is 5.64. The van der Waals surface area contributed by atoms with Crippen molar-refractivity contribution in [3.8, 4) is 0 Å². The Balaban J connectivity index is 2.33. The van der Waals surface area contributed by atoms with Gasteiger partial charge in [0.25, 0.3) is 0 Å². The van der Waals surface area contributed by atoms with Crippen molar-refractivity contribution in [3.05, 3.63) is 0 Å². The maximum absolute atomic E-state index is 12.0. The maximum atomic E-state index is 12.0. The van der Waals surface area contributed by atoms with Gasteiger partial charge in [0.15, 0.2) is 0 Å². The van der Waals surface area contributed by atoms with Crippen molar-refractivity contribution in [1.29, 1.82) is 0 Å². The summed E-state index contributed by atoms with van der Waals surface area (Å²) in [5, 5.41) is 2.78. The number of carbonyl (C=O) groups excluding carboxylic acids is 2. The zero-order valence-corrected chi connectivity index (χ0v) is 9.54. The molecule has 0 aromatic heterocycles. The number of likely N-dealkylation sites (N-methyl/N-ethyl adjacent to an activating group) is 1. The van der Waals surface area contributed by atoms with E-state index in [1.807, 2.05) is 13.8 Å². The lowest BCUT2D eigenvalue weighted by atomic mass is 9.88. The molecule has 1 aliphatic heterocycles. The Morgan fingerprint density at radius 3 is 2.53 bits per heavy atom. The molecule has 0 aromatic carbocycles. The Bertz CT molecular complexity index is 312. The number of nitrogens with one attached hydrogen (secondary N) is 1. The predicted molar refractivity (Wildman–Crippen MR) is 56.1 cm³/mol. The zero-order valence-electron chi connectivity index (χ0n) is 9.54. The van der Waals surface area contributed by atoms with Gasteiger partial charge >= 0.3 is 0 Å². The molecule has 0 bridgehead atoms. The van der Waals surface area contributed by atoms with E-state index in [0.717, 1.165) is 12.8 Å². The number of hydrogen-bond acceptors (Lipinski definition) is 2. The summed E-state index contributed by atoms with van der Waals surface area (Å²) in [7, 11) is 0. The summed E-state index contributed by atoms with van der Waals surface area (Å²) in [5.74, 6) is 0.416. The van der Waals surface area contributed by atoms with E-state index in [4.69, 9.17) is 0 Å². The fraction of sp³-hybridized carbons (Fsp3) is 0.818. The number of piperazine rings is 1. The zero-order chi connectivity index (χ0) is 11.2. The minimum Gasteiger partial charge on any atom is -0.343 e. The van der Waals surface area contributed by atoms with Gasteiger partial charge in [0.1, 0.15) is 11.6 Å². The van der Waals surface area contributed by atoms with Crippen molar-refractivity contribution in [2.45, 2.75) is 45.2 Å². The number of hydrogen-bond donors (Lipinski definition) is 1. The lowest BCUT2D eigenvalue weighted by Crippen LogP contribution is -2.69. The Morgan fingerprint density at radius 2 is 2.07 bits per heavy atom. The van der Waals surface area contributed by atoms with Crippen LogP contribution in [0, 0.1) is 5.92 Å². The fourth-order valence-electron chi connectivity index (χ4n) is 2.53. The SMILES string of the molecule is CCN1C(=O)C(C)NC(=O)C1(C)C1CC1. The summed E-state index contributed by atoms with van der Waals surface area (Å²) < 4.78 is 0. The molecule has 2 rings (SSSR count). The van der Waals surface area contributed by atoms with E-state index in [1.165, 1.54) is 0 Å². The molecular weight excluding hydrogens is 192 g/mol. The smallest absolute Gasteiger partial charge is 0.246 e.